The second-order valence-electron chi connectivity index (χ2n) is 10.9. The van der Waals surface area contributed by atoms with E-state index in [0.717, 1.165) is 51.4 Å². The Labute approximate surface area is 271 Å². The van der Waals surface area contributed by atoms with E-state index in [9.17, 15) is 9.59 Å². The predicted molar refractivity (Wildman–Crippen MR) is 181 cm³/mol. The fourth-order valence-electron chi connectivity index (χ4n) is 5.04. The minimum absolute atomic E-state index is 0.198. The van der Waals surface area contributed by atoms with Crippen LogP contribution in [0.25, 0.3) is 11.1 Å². The number of ketones is 2. The number of benzene rings is 4. The molecule has 0 heterocycles. The molecule has 0 spiro atoms. The normalized spacial score (nSPS) is 10.9. The molecule has 0 N–H and O–H groups in total. The average molecular weight is 632 g/mol. The molecule has 230 valence electrons. The van der Waals surface area contributed by atoms with Gasteiger partial charge in [0.05, 0.1) is 23.3 Å². The van der Waals surface area contributed by atoms with E-state index in [1.807, 2.05) is 24.3 Å². The third-order valence-electron chi connectivity index (χ3n) is 7.52. The zero-order valence-corrected chi connectivity index (χ0v) is 27.1. The van der Waals surface area contributed by atoms with Crippen LogP contribution in [0, 0.1) is 0 Å². The Morgan fingerprint density at radius 1 is 0.545 bits per heavy atom. The van der Waals surface area contributed by atoms with Gasteiger partial charge >= 0.3 is 0 Å². The molecule has 0 unspecified atom stereocenters. The Balaban J connectivity index is 1.80. The molecule has 4 nitrogen and oxygen atoms in total. The molecule has 0 bridgehead atoms. The first kappa shape index (κ1) is 33.3. The largest absolute Gasteiger partial charge is 0.493 e. The summed E-state index contributed by atoms with van der Waals surface area (Å²) in [7, 11) is 0. The first-order chi connectivity index (χ1) is 21.4. The minimum atomic E-state index is -0.198. The van der Waals surface area contributed by atoms with Gasteiger partial charge in [-0.1, -0.05) is 99.8 Å². The first-order valence-electron chi connectivity index (χ1n) is 15.6. The van der Waals surface area contributed by atoms with E-state index in [0.29, 0.717) is 68.1 Å². The molecule has 0 aliphatic heterocycles. The van der Waals surface area contributed by atoms with Crippen molar-refractivity contribution in [1.29, 1.82) is 0 Å². The van der Waals surface area contributed by atoms with Crippen LogP contribution in [0.3, 0.4) is 0 Å². The molecule has 0 aromatic heterocycles. The fraction of sp³-hybridized carbons (Fsp3) is 0.316. The van der Waals surface area contributed by atoms with Crippen LogP contribution in [0.2, 0.25) is 10.0 Å². The van der Waals surface area contributed by atoms with E-state index in [2.05, 4.69) is 13.8 Å². The number of hydrogen-bond acceptors (Lipinski definition) is 4. The summed E-state index contributed by atoms with van der Waals surface area (Å²) in [6.07, 6.45) is 8.53. The monoisotopic (exact) mass is 630 g/mol. The van der Waals surface area contributed by atoms with Crippen molar-refractivity contribution in [3.05, 3.63) is 117 Å². The molecule has 4 aromatic carbocycles. The van der Waals surface area contributed by atoms with Crippen LogP contribution >= 0.6 is 23.2 Å². The molecular weight excluding hydrogens is 591 g/mol. The molecule has 0 radical (unpaired) electrons. The Morgan fingerprint density at radius 2 is 0.955 bits per heavy atom. The maximum atomic E-state index is 13.6. The number of rotatable bonds is 17. The van der Waals surface area contributed by atoms with Gasteiger partial charge in [0.2, 0.25) is 0 Å². The second kappa shape index (κ2) is 17.0. The van der Waals surface area contributed by atoms with Gasteiger partial charge in [-0.25, -0.2) is 0 Å². The number of halogens is 2. The van der Waals surface area contributed by atoms with Crippen molar-refractivity contribution in [2.45, 2.75) is 65.2 Å². The highest BCUT2D eigenvalue weighted by Gasteiger charge is 2.21. The van der Waals surface area contributed by atoms with Crippen molar-refractivity contribution >= 4 is 34.8 Å². The van der Waals surface area contributed by atoms with Crippen LogP contribution in [0.1, 0.15) is 97.1 Å². The van der Waals surface area contributed by atoms with Gasteiger partial charge < -0.3 is 9.47 Å². The van der Waals surface area contributed by atoms with Gasteiger partial charge in [-0.15, -0.1) is 0 Å². The first-order valence-corrected chi connectivity index (χ1v) is 16.3. The summed E-state index contributed by atoms with van der Waals surface area (Å²) >= 11 is 12.8. The van der Waals surface area contributed by atoms with Gasteiger partial charge in [0.25, 0.3) is 0 Å². The molecule has 4 rings (SSSR count). The van der Waals surface area contributed by atoms with Crippen LogP contribution < -0.4 is 9.47 Å². The van der Waals surface area contributed by atoms with Crippen molar-refractivity contribution in [2.75, 3.05) is 13.2 Å². The van der Waals surface area contributed by atoms with Gasteiger partial charge in [-0.2, -0.15) is 0 Å². The highest BCUT2D eigenvalue weighted by molar-refractivity contribution is 6.35. The van der Waals surface area contributed by atoms with Gasteiger partial charge in [0, 0.05) is 33.4 Å². The lowest BCUT2D eigenvalue weighted by Crippen LogP contribution is -2.07. The number of ether oxygens (including phenoxy) is 2. The highest BCUT2D eigenvalue weighted by Crippen LogP contribution is 2.39. The fourth-order valence-corrected chi connectivity index (χ4v) is 5.48. The third kappa shape index (κ3) is 8.74. The molecule has 0 aliphatic carbocycles. The third-order valence-corrected chi connectivity index (χ3v) is 8.18. The molecule has 0 aliphatic rings. The van der Waals surface area contributed by atoms with Crippen LogP contribution in [0.5, 0.6) is 11.5 Å². The number of carbonyl (C=O) groups excluding carboxylic acids is 2. The quantitative estimate of drug-likeness (QED) is 0.0859. The van der Waals surface area contributed by atoms with Gasteiger partial charge in [0.15, 0.2) is 11.6 Å². The molecule has 0 amide bonds. The van der Waals surface area contributed by atoms with Gasteiger partial charge in [0.1, 0.15) is 11.5 Å². The van der Waals surface area contributed by atoms with Crippen LogP contribution in [0.15, 0.2) is 84.9 Å². The predicted octanol–water partition coefficient (Wildman–Crippen LogP) is 11.0. The van der Waals surface area contributed by atoms with Crippen LogP contribution in [0.4, 0.5) is 0 Å². The summed E-state index contributed by atoms with van der Waals surface area (Å²) in [5, 5.41) is 0.775. The highest BCUT2D eigenvalue weighted by atomic mass is 35.5. The minimum Gasteiger partial charge on any atom is -0.493 e. The number of hydrogen-bond donors (Lipinski definition) is 0. The van der Waals surface area contributed by atoms with Crippen molar-refractivity contribution in [3.63, 3.8) is 0 Å². The Bertz CT molecular complexity index is 1450. The van der Waals surface area contributed by atoms with E-state index < -0.39 is 0 Å². The van der Waals surface area contributed by atoms with Crippen molar-refractivity contribution in [2.24, 2.45) is 0 Å². The Kier molecular flexibility index (Phi) is 12.9. The summed E-state index contributed by atoms with van der Waals surface area (Å²) < 4.78 is 12.6. The van der Waals surface area contributed by atoms with Crippen LogP contribution in [-0.4, -0.2) is 24.8 Å². The zero-order valence-electron chi connectivity index (χ0n) is 25.5. The van der Waals surface area contributed by atoms with E-state index in [-0.39, 0.29) is 11.6 Å². The molecule has 0 atom stereocenters. The maximum absolute atomic E-state index is 13.6. The number of carbonyl (C=O) groups is 2. The summed E-state index contributed by atoms with van der Waals surface area (Å²) in [5.41, 5.74) is 3.12. The standard InChI is InChI=1S/C38H40Cl2O4/c1-3-5-7-13-23-43-35-21-19-27(37(41)29-15-9-11-17-33(29)39)25-31(35)32-26-28(38(42)30-16-10-12-18-34(30)40)20-22-36(32)44-24-14-8-6-4-2/h9-12,15-22,25-26H,3-8,13-14,23-24H2,1-2H3. The maximum Gasteiger partial charge on any atom is 0.194 e. The lowest BCUT2D eigenvalue weighted by Gasteiger charge is -2.18. The Hall–Kier alpha value is -3.60. The summed E-state index contributed by atoms with van der Waals surface area (Å²) in [6.45, 7) is 5.43. The van der Waals surface area contributed by atoms with Crippen molar-refractivity contribution < 1.29 is 19.1 Å². The summed E-state index contributed by atoms with van der Waals surface area (Å²) in [4.78, 5) is 27.2. The van der Waals surface area contributed by atoms with E-state index in [1.54, 1.807) is 60.7 Å². The van der Waals surface area contributed by atoms with Crippen molar-refractivity contribution in [3.8, 4) is 22.6 Å². The lowest BCUT2D eigenvalue weighted by atomic mass is 9.94. The molecule has 0 saturated heterocycles. The van der Waals surface area contributed by atoms with Crippen molar-refractivity contribution in [1.82, 2.24) is 0 Å². The topological polar surface area (TPSA) is 52.6 Å². The molecule has 0 saturated carbocycles. The number of unbranched alkanes of at least 4 members (excludes halogenated alkanes) is 6. The smallest absolute Gasteiger partial charge is 0.194 e. The molecule has 6 heteroatoms. The summed E-state index contributed by atoms with van der Waals surface area (Å²) in [6, 6.07) is 24.8. The van der Waals surface area contributed by atoms with Gasteiger partial charge in [-0.05, 0) is 73.5 Å². The van der Waals surface area contributed by atoms with E-state index >= 15 is 0 Å². The van der Waals surface area contributed by atoms with E-state index in [1.165, 1.54) is 0 Å². The van der Waals surface area contributed by atoms with E-state index in [4.69, 9.17) is 32.7 Å². The van der Waals surface area contributed by atoms with Gasteiger partial charge in [-0.3, -0.25) is 9.59 Å². The molecule has 4 aromatic rings. The average Bonchev–Trinajstić information content (AvgIpc) is 3.04. The molecule has 0 fully saturated rings. The second-order valence-corrected chi connectivity index (χ2v) is 11.7. The molecular formula is C38H40Cl2O4. The van der Waals surface area contributed by atoms with Crippen LogP contribution in [-0.2, 0) is 0 Å². The lowest BCUT2D eigenvalue weighted by molar-refractivity contribution is 0.103. The Morgan fingerprint density at radius 3 is 1.34 bits per heavy atom. The molecule has 44 heavy (non-hydrogen) atoms. The summed E-state index contributed by atoms with van der Waals surface area (Å²) in [5.74, 6) is 0.846. The SMILES string of the molecule is CCCCCCOc1ccc(C(=O)c2ccccc2Cl)cc1-c1cc(C(=O)c2ccccc2Cl)ccc1OCCCCCC. The zero-order chi connectivity index (χ0) is 31.3.